The van der Waals surface area contributed by atoms with Crippen molar-refractivity contribution in [2.45, 2.75) is 12.3 Å². The maximum Gasteiger partial charge on any atom is 0.264 e. The summed E-state index contributed by atoms with van der Waals surface area (Å²) in [6.45, 7) is 1.79. The molecule has 0 saturated heterocycles. The van der Waals surface area contributed by atoms with Crippen LogP contribution in [0, 0.1) is 5.82 Å². The van der Waals surface area contributed by atoms with Crippen LogP contribution >= 0.6 is 0 Å². The third-order valence-corrected chi connectivity index (χ3v) is 6.09. The van der Waals surface area contributed by atoms with Crippen LogP contribution in [0.4, 0.5) is 16.0 Å². The number of nitrogens with zero attached hydrogens (tertiary/aromatic N) is 5. The number of benzene rings is 2. The van der Waals surface area contributed by atoms with Crippen molar-refractivity contribution >= 4 is 23.2 Å². The summed E-state index contributed by atoms with van der Waals surface area (Å²) < 4.78 is 21.6. The van der Waals surface area contributed by atoms with Gasteiger partial charge < -0.3 is 20.2 Å². The van der Waals surface area contributed by atoms with Gasteiger partial charge in [-0.2, -0.15) is 0 Å². The number of fused-ring (bicyclic) bond motifs is 2. The van der Waals surface area contributed by atoms with Crippen LogP contribution < -0.4 is 15.8 Å². The minimum atomic E-state index is -1.04. The monoisotopic (exact) mass is 467 g/mol. The highest BCUT2D eigenvalue weighted by atomic mass is 19.1. The zero-order valence-electron chi connectivity index (χ0n) is 18.4. The summed E-state index contributed by atoms with van der Waals surface area (Å²) in [5.74, 6) is -0.0795. The molecule has 35 heavy (non-hydrogen) atoms. The lowest BCUT2D eigenvalue weighted by molar-refractivity contribution is -0.119. The predicted molar refractivity (Wildman–Crippen MR) is 126 cm³/mol. The van der Waals surface area contributed by atoms with E-state index in [1.807, 2.05) is 30.3 Å². The number of carbonyl (C=O) groups is 1. The second-order valence-corrected chi connectivity index (χ2v) is 8.22. The fourth-order valence-corrected chi connectivity index (χ4v) is 4.28. The van der Waals surface area contributed by atoms with Gasteiger partial charge in [-0.15, -0.1) is 0 Å². The van der Waals surface area contributed by atoms with E-state index >= 15 is 0 Å². The molecule has 0 fully saturated rings. The van der Waals surface area contributed by atoms with Crippen molar-refractivity contribution in [3.63, 3.8) is 0 Å². The number of ether oxygens (including phenoxy) is 1. The Bertz CT molecular complexity index is 1620. The molecule has 0 radical (unpaired) electrons. The minimum absolute atomic E-state index is 0.00215. The molecule has 6 rings (SSSR count). The summed E-state index contributed by atoms with van der Waals surface area (Å²) in [6, 6.07) is 15.3. The molecule has 5 aromatic rings. The smallest absolute Gasteiger partial charge is 0.264 e. The Hall–Kier alpha value is -4.86. The van der Waals surface area contributed by atoms with E-state index in [1.165, 1.54) is 12.1 Å². The van der Waals surface area contributed by atoms with Crippen LogP contribution in [0.2, 0.25) is 0 Å². The van der Waals surface area contributed by atoms with Crippen molar-refractivity contribution in [1.82, 2.24) is 24.3 Å². The van der Waals surface area contributed by atoms with Gasteiger partial charge in [0.05, 0.1) is 5.56 Å². The van der Waals surface area contributed by atoms with Gasteiger partial charge in [0.1, 0.15) is 22.7 Å². The Balaban J connectivity index is 1.48. The summed E-state index contributed by atoms with van der Waals surface area (Å²) in [6.07, 6.45) is 4.92. The first-order chi connectivity index (χ1) is 16.9. The molecule has 0 bridgehead atoms. The Labute approximate surface area is 198 Å². The van der Waals surface area contributed by atoms with Crippen molar-refractivity contribution < 1.29 is 13.9 Å². The summed E-state index contributed by atoms with van der Waals surface area (Å²) in [5.41, 5.74) is 7.32. The lowest BCUT2D eigenvalue weighted by Gasteiger charge is -2.23. The maximum atomic E-state index is 14.2. The van der Waals surface area contributed by atoms with E-state index in [9.17, 15) is 9.18 Å². The number of para-hydroxylation sites is 1. The molecule has 0 saturated carbocycles. The van der Waals surface area contributed by atoms with Gasteiger partial charge in [0.25, 0.3) is 5.88 Å². The third kappa shape index (κ3) is 3.18. The fraction of sp³-hybridized carbons (Fsp3) is 0.0800. The first kappa shape index (κ1) is 20.7. The van der Waals surface area contributed by atoms with Crippen molar-refractivity contribution in [3.05, 3.63) is 90.1 Å². The molecule has 0 spiro atoms. The minimum Gasteiger partial charge on any atom is -0.433 e. The number of nitrogen functional groups attached to an aromatic ring is 1. The number of halogens is 1. The Kier molecular flexibility index (Phi) is 4.49. The summed E-state index contributed by atoms with van der Waals surface area (Å²) in [7, 11) is 0. The molecule has 1 aliphatic heterocycles. The molecule has 0 aliphatic carbocycles. The van der Waals surface area contributed by atoms with Crippen molar-refractivity contribution in [3.8, 4) is 23.1 Å². The first-order valence-corrected chi connectivity index (χ1v) is 10.8. The number of hydrogen-bond acceptors (Lipinski definition) is 7. The molecule has 3 N–H and O–H groups in total. The topological polar surface area (TPSA) is 120 Å². The normalized spacial score (nSPS) is 16.8. The van der Waals surface area contributed by atoms with Crippen LogP contribution in [0.5, 0.6) is 11.6 Å². The zero-order valence-corrected chi connectivity index (χ0v) is 18.4. The highest BCUT2D eigenvalue weighted by Crippen LogP contribution is 2.44. The largest absolute Gasteiger partial charge is 0.433 e. The molecule has 3 aromatic heterocycles. The first-order valence-electron chi connectivity index (χ1n) is 10.8. The molecule has 2 aromatic carbocycles. The molecule has 1 unspecified atom stereocenters. The Morgan fingerprint density at radius 1 is 1.06 bits per heavy atom. The molecule has 1 aliphatic rings. The van der Waals surface area contributed by atoms with Gasteiger partial charge in [0, 0.05) is 18.6 Å². The fourth-order valence-electron chi connectivity index (χ4n) is 4.28. The Morgan fingerprint density at radius 3 is 2.63 bits per heavy atom. The Morgan fingerprint density at radius 2 is 1.83 bits per heavy atom. The number of nitrogens with two attached hydrogens (primary N) is 1. The number of anilines is 2. The van der Waals surface area contributed by atoms with Crippen LogP contribution in [0.15, 0.2) is 73.2 Å². The summed E-state index contributed by atoms with van der Waals surface area (Å²) in [4.78, 5) is 30.8. The third-order valence-electron chi connectivity index (χ3n) is 6.09. The molecule has 10 heteroatoms. The van der Waals surface area contributed by atoms with Gasteiger partial charge in [0.15, 0.2) is 17.4 Å². The van der Waals surface area contributed by atoms with E-state index in [1.54, 1.807) is 42.0 Å². The molecule has 9 nitrogen and oxygen atoms in total. The summed E-state index contributed by atoms with van der Waals surface area (Å²) in [5, 5.41) is 2.83. The molecular formula is C25H18FN7O2. The van der Waals surface area contributed by atoms with Crippen LogP contribution in [-0.4, -0.2) is 30.2 Å². The number of nitrogens with one attached hydrogen (secondary N) is 1. The number of rotatable bonds is 4. The zero-order chi connectivity index (χ0) is 24.2. The quantitative estimate of drug-likeness (QED) is 0.410. The van der Waals surface area contributed by atoms with Crippen molar-refractivity contribution in [2.24, 2.45) is 0 Å². The SMILES string of the molecule is CC1(c2ccccc2)C(=O)Nc2nc(-c3cn4ccnc4c(Oc4ccccc4F)n3)nc(N)c21. The molecule has 4 heterocycles. The van der Waals surface area contributed by atoms with E-state index in [-0.39, 0.29) is 29.2 Å². The van der Waals surface area contributed by atoms with E-state index in [0.717, 1.165) is 5.56 Å². The van der Waals surface area contributed by atoms with Gasteiger partial charge in [-0.25, -0.2) is 24.3 Å². The second kappa shape index (κ2) is 7.59. The number of carbonyl (C=O) groups excluding carboxylic acids is 1. The molecule has 1 amide bonds. The van der Waals surface area contributed by atoms with Crippen LogP contribution in [0.25, 0.3) is 17.2 Å². The van der Waals surface area contributed by atoms with Crippen LogP contribution in [-0.2, 0) is 10.2 Å². The van der Waals surface area contributed by atoms with Gasteiger partial charge >= 0.3 is 0 Å². The second-order valence-electron chi connectivity index (χ2n) is 8.22. The van der Waals surface area contributed by atoms with Crippen LogP contribution in [0.3, 0.4) is 0 Å². The van der Waals surface area contributed by atoms with Crippen LogP contribution in [0.1, 0.15) is 18.1 Å². The number of amides is 1. The number of hydrogen-bond donors (Lipinski definition) is 2. The van der Waals surface area contributed by atoms with E-state index in [2.05, 4.69) is 25.3 Å². The molecule has 172 valence electrons. The molecule has 1 atom stereocenters. The average molecular weight is 467 g/mol. The lowest BCUT2D eigenvalue weighted by Crippen LogP contribution is -2.32. The lowest BCUT2D eigenvalue weighted by atomic mass is 9.78. The highest BCUT2D eigenvalue weighted by molar-refractivity contribution is 6.09. The van der Waals surface area contributed by atoms with E-state index in [4.69, 9.17) is 10.5 Å². The van der Waals surface area contributed by atoms with E-state index < -0.39 is 11.2 Å². The summed E-state index contributed by atoms with van der Waals surface area (Å²) >= 11 is 0. The predicted octanol–water partition coefficient (Wildman–Crippen LogP) is 3.96. The standard InChI is InChI=1S/C25H18FN7O2/c1-25(14-7-3-2-4-8-14)18-19(27)30-20(31-21(18)32-24(25)34)16-13-33-12-11-28-22(33)23(29-16)35-17-10-6-5-9-15(17)26/h2-13H,1H3,(H3,27,30,31,32,34). The van der Waals surface area contributed by atoms with Crippen molar-refractivity contribution in [2.75, 3.05) is 11.1 Å². The number of imidazole rings is 1. The molecular weight excluding hydrogens is 449 g/mol. The van der Waals surface area contributed by atoms with Gasteiger partial charge in [-0.05, 0) is 24.6 Å². The van der Waals surface area contributed by atoms with Crippen molar-refractivity contribution in [1.29, 1.82) is 0 Å². The van der Waals surface area contributed by atoms with Gasteiger partial charge in [0.2, 0.25) is 11.6 Å². The van der Waals surface area contributed by atoms with E-state index in [0.29, 0.717) is 22.7 Å². The van der Waals surface area contributed by atoms with Gasteiger partial charge in [-0.1, -0.05) is 42.5 Å². The number of aromatic nitrogens is 5. The highest BCUT2D eigenvalue weighted by Gasteiger charge is 2.47. The maximum absolute atomic E-state index is 14.2. The average Bonchev–Trinajstić information content (AvgIpc) is 3.44. The van der Waals surface area contributed by atoms with Gasteiger partial charge in [-0.3, -0.25) is 4.79 Å².